The summed E-state index contributed by atoms with van der Waals surface area (Å²) in [5.41, 5.74) is 2.51. The Balaban J connectivity index is 1.93. The highest BCUT2D eigenvalue weighted by molar-refractivity contribution is 5.13. The van der Waals surface area contributed by atoms with Crippen LogP contribution in [0.5, 0.6) is 0 Å². The quantitative estimate of drug-likeness (QED) is 0.679. The lowest BCUT2D eigenvalue weighted by atomic mass is 10.2. The Bertz CT molecular complexity index is 262. The van der Waals surface area contributed by atoms with E-state index in [0.29, 0.717) is 0 Å². The van der Waals surface area contributed by atoms with Crippen LogP contribution in [0.2, 0.25) is 0 Å². The maximum atomic E-state index is 4.02. The van der Waals surface area contributed by atoms with Crippen molar-refractivity contribution in [3.8, 4) is 0 Å². The van der Waals surface area contributed by atoms with Crippen LogP contribution in [0.4, 0.5) is 0 Å². The summed E-state index contributed by atoms with van der Waals surface area (Å²) in [4.78, 5) is 2.44. The standard InChI is InChI=1S/C9H16N4/c1-8-6-11-12-9(8)7-13-4-2-10-3-5-13/h6,10H,2-5,7H2,1H3,(H,11,12). The molecule has 1 aliphatic rings. The Morgan fingerprint density at radius 3 is 2.85 bits per heavy atom. The number of piperazine rings is 1. The molecule has 4 heteroatoms. The highest BCUT2D eigenvalue weighted by Gasteiger charge is 2.11. The molecule has 0 spiro atoms. The van der Waals surface area contributed by atoms with Gasteiger partial charge in [-0.1, -0.05) is 0 Å². The molecular weight excluding hydrogens is 164 g/mol. The number of aryl methyl sites for hydroxylation is 1. The van der Waals surface area contributed by atoms with E-state index in [9.17, 15) is 0 Å². The second-order valence-electron chi connectivity index (χ2n) is 3.56. The minimum atomic E-state index is 1.01. The number of nitrogens with one attached hydrogen (secondary N) is 2. The Labute approximate surface area is 78.3 Å². The molecule has 0 unspecified atom stereocenters. The summed E-state index contributed by atoms with van der Waals surface area (Å²) in [5.74, 6) is 0. The van der Waals surface area contributed by atoms with E-state index in [0.717, 1.165) is 32.7 Å². The molecule has 1 aromatic rings. The SMILES string of the molecule is Cc1cn[nH]c1CN1CCNCC1. The van der Waals surface area contributed by atoms with E-state index in [-0.39, 0.29) is 0 Å². The van der Waals surface area contributed by atoms with Gasteiger partial charge in [-0.3, -0.25) is 10.00 Å². The number of hydrogen-bond donors (Lipinski definition) is 2. The van der Waals surface area contributed by atoms with Crippen molar-refractivity contribution in [3.63, 3.8) is 0 Å². The van der Waals surface area contributed by atoms with Crippen molar-refractivity contribution in [2.45, 2.75) is 13.5 Å². The van der Waals surface area contributed by atoms with Gasteiger partial charge in [-0.15, -0.1) is 0 Å². The van der Waals surface area contributed by atoms with Gasteiger partial charge in [0.05, 0.1) is 11.9 Å². The number of hydrogen-bond acceptors (Lipinski definition) is 3. The third kappa shape index (κ3) is 2.08. The predicted octanol–water partition coefficient (Wildman–Crippen LogP) is 0.123. The number of aromatic amines is 1. The molecular formula is C9H16N4. The van der Waals surface area contributed by atoms with Gasteiger partial charge in [-0.25, -0.2) is 0 Å². The first-order valence-corrected chi connectivity index (χ1v) is 4.78. The first-order chi connectivity index (χ1) is 6.36. The molecule has 13 heavy (non-hydrogen) atoms. The van der Waals surface area contributed by atoms with E-state index < -0.39 is 0 Å². The van der Waals surface area contributed by atoms with E-state index >= 15 is 0 Å². The normalized spacial score (nSPS) is 19.2. The number of nitrogens with zero attached hydrogens (tertiary/aromatic N) is 2. The fourth-order valence-electron chi connectivity index (χ4n) is 1.63. The maximum Gasteiger partial charge on any atom is 0.0521 e. The summed E-state index contributed by atoms with van der Waals surface area (Å²) < 4.78 is 0. The smallest absolute Gasteiger partial charge is 0.0521 e. The van der Waals surface area contributed by atoms with Gasteiger partial charge in [0.1, 0.15) is 0 Å². The molecule has 0 amide bonds. The average molecular weight is 180 g/mol. The highest BCUT2D eigenvalue weighted by Crippen LogP contribution is 2.06. The molecule has 2 rings (SSSR count). The molecule has 2 N–H and O–H groups in total. The van der Waals surface area contributed by atoms with Crippen LogP contribution >= 0.6 is 0 Å². The van der Waals surface area contributed by atoms with Crippen molar-refractivity contribution in [2.24, 2.45) is 0 Å². The first-order valence-electron chi connectivity index (χ1n) is 4.78. The van der Waals surface area contributed by atoms with Crippen LogP contribution in [0.15, 0.2) is 6.20 Å². The molecule has 0 aromatic carbocycles. The molecule has 4 nitrogen and oxygen atoms in total. The minimum Gasteiger partial charge on any atom is -0.314 e. The fraction of sp³-hybridized carbons (Fsp3) is 0.667. The lowest BCUT2D eigenvalue weighted by molar-refractivity contribution is 0.230. The van der Waals surface area contributed by atoms with Crippen LogP contribution in [0.25, 0.3) is 0 Å². The van der Waals surface area contributed by atoms with Crippen LogP contribution in [0.3, 0.4) is 0 Å². The summed E-state index contributed by atoms with van der Waals surface area (Å²) in [7, 11) is 0. The van der Waals surface area contributed by atoms with Crippen molar-refractivity contribution in [1.29, 1.82) is 0 Å². The van der Waals surface area contributed by atoms with Crippen LogP contribution in [-0.2, 0) is 6.54 Å². The Morgan fingerprint density at radius 1 is 1.46 bits per heavy atom. The van der Waals surface area contributed by atoms with Gasteiger partial charge < -0.3 is 5.32 Å². The van der Waals surface area contributed by atoms with Gasteiger partial charge >= 0.3 is 0 Å². The molecule has 1 aliphatic heterocycles. The first kappa shape index (κ1) is 8.72. The number of aromatic nitrogens is 2. The van der Waals surface area contributed by atoms with Gasteiger partial charge in [0.25, 0.3) is 0 Å². The molecule has 1 fully saturated rings. The molecule has 2 heterocycles. The van der Waals surface area contributed by atoms with Crippen molar-refractivity contribution < 1.29 is 0 Å². The van der Waals surface area contributed by atoms with Crippen LogP contribution in [0.1, 0.15) is 11.3 Å². The lowest BCUT2D eigenvalue weighted by Gasteiger charge is -2.26. The Kier molecular flexibility index (Phi) is 2.61. The molecule has 0 aliphatic carbocycles. The molecule has 0 saturated carbocycles. The van der Waals surface area contributed by atoms with Crippen LogP contribution in [0, 0.1) is 6.92 Å². The number of rotatable bonds is 2. The molecule has 0 radical (unpaired) electrons. The summed E-state index contributed by atoms with van der Waals surface area (Å²) in [5, 5.41) is 10.4. The second kappa shape index (κ2) is 3.89. The zero-order chi connectivity index (χ0) is 9.10. The van der Waals surface area contributed by atoms with E-state index in [1.807, 2.05) is 6.20 Å². The van der Waals surface area contributed by atoms with Gasteiger partial charge in [0.2, 0.25) is 0 Å². The van der Waals surface area contributed by atoms with Crippen molar-refractivity contribution >= 4 is 0 Å². The van der Waals surface area contributed by atoms with Crippen LogP contribution < -0.4 is 5.32 Å². The minimum absolute atomic E-state index is 1.01. The Morgan fingerprint density at radius 2 is 2.23 bits per heavy atom. The zero-order valence-corrected chi connectivity index (χ0v) is 8.01. The molecule has 1 aromatic heterocycles. The van der Waals surface area contributed by atoms with E-state index in [2.05, 4.69) is 27.3 Å². The Hall–Kier alpha value is -0.870. The monoisotopic (exact) mass is 180 g/mol. The van der Waals surface area contributed by atoms with Crippen molar-refractivity contribution in [2.75, 3.05) is 26.2 Å². The lowest BCUT2D eigenvalue weighted by Crippen LogP contribution is -2.43. The van der Waals surface area contributed by atoms with Gasteiger partial charge in [0.15, 0.2) is 0 Å². The topological polar surface area (TPSA) is 44.0 Å². The average Bonchev–Trinajstić information content (AvgIpc) is 2.54. The third-order valence-corrected chi connectivity index (χ3v) is 2.53. The summed E-state index contributed by atoms with van der Waals surface area (Å²) >= 11 is 0. The fourth-order valence-corrected chi connectivity index (χ4v) is 1.63. The van der Waals surface area contributed by atoms with E-state index in [1.54, 1.807) is 0 Å². The maximum absolute atomic E-state index is 4.02. The zero-order valence-electron chi connectivity index (χ0n) is 8.01. The highest BCUT2D eigenvalue weighted by atomic mass is 15.2. The molecule has 1 saturated heterocycles. The molecule has 0 bridgehead atoms. The van der Waals surface area contributed by atoms with Gasteiger partial charge in [-0.2, -0.15) is 5.10 Å². The van der Waals surface area contributed by atoms with Gasteiger partial charge in [0, 0.05) is 32.7 Å². The van der Waals surface area contributed by atoms with Crippen LogP contribution in [-0.4, -0.2) is 41.3 Å². The molecule has 0 atom stereocenters. The predicted molar refractivity (Wildman–Crippen MR) is 51.5 cm³/mol. The summed E-state index contributed by atoms with van der Waals surface area (Å²) in [6.45, 7) is 7.59. The van der Waals surface area contributed by atoms with E-state index in [4.69, 9.17) is 0 Å². The number of H-pyrrole nitrogens is 1. The van der Waals surface area contributed by atoms with Gasteiger partial charge in [-0.05, 0) is 12.5 Å². The summed E-state index contributed by atoms with van der Waals surface area (Å²) in [6.07, 6.45) is 1.89. The largest absolute Gasteiger partial charge is 0.314 e. The van der Waals surface area contributed by atoms with E-state index in [1.165, 1.54) is 11.3 Å². The second-order valence-corrected chi connectivity index (χ2v) is 3.56. The summed E-state index contributed by atoms with van der Waals surface area (Å²) in [6, 6.07) is 0. The van der Waals surface area contributed by atoms with Crippen molar-refractivity contribution in [3.05, 3.63) is 17.5 Å². The third-order valence-electron chi connectivity index (χ3n) is 2.53. The van der Waals surface area contributed by atoms with Crippen molar-refractivity contribution in [1.82, 2.24) is 20.4 Å². The molecule has 72 valence electrons.